The Morgan fingerprint density at radius 2 is 1.85 bits per heavy atom. The van der Waals surface area contributed by atoms with Gasteiger partial charge in [-0.2, -0.15) is 0 Å². The number of fused-ring (bicyclic) bond motifs is 1. The minimum absolute atomic E-state index is 0. The van der Waals surface area contributed by atoms with E-state index < -0.39 is 41.8 Å². The molecule has 3 rings (SSSR count). The summed E-state index contributed by atoms with van der Waals surface area (Å²) in [5.74, 6) is -4.38. The second-order valence-electron chi connectivity index (χ2n) is 10.8. The van der Waals surface area contributed by atoms with Crippen LogP contribution in [0, 0.1) is 22.7 Å². The number of hydrogen-bond donors (Lipinski definition) is 1. The van der Waals surface area contributed by atoms with Gasteiger partial charge in [0, 0.05) is 17.3 Å². The first kappa shape index (κ1) is 33.4. The number of carbonyl (C=O) groups excluding carboxylic acids is 4. The first-order valence-corrected chi connectivity index (χ1v) is 12.9. The summed E-state index contributed by atoms with van der Waals surface area (Å²) in [6, 6.07) is 0. The number of hydrogen-bond acceptors (Lipinski definition) is 9. The molecule has 0 aromatic carbocycles. The molecule has 3 aliphatic rings. The Kier molecular flexibility index (Phi) is 12.2. The van der Waals surface area contributed by atoms with Gasteiger partial charge in [0.1, 0.15) is 19.3 Å². The molecule has 0 spiro atoms. The largest absolute Gasteiger partial charge is 1.00 e. The fraction of sp³-hybridized carbons (Fsp3) is 0.607. The summed E-state index contributed by atoms with van der Waals surface area (Å²) in [5, 5.41) is 19.7. The van der Waals surface area contributed by atoms with Crippen LogP contribution in [0.15, 0.2) is 36.0 Å². The Bertz CT molecular complexity index is 1060. The molecule has 208 valence electrons. The van der Waals surface area contributed by atoms with Crippen molar-refractivity contribution in [3.8, 4) is 0 Å². The summed E-state index contributed by atoms with van der Waals surface area (Å²) in [7, 11) is 0. The van der Waals surface area contributed by atoms with Gasteiger partial charge in [-0.1, -0.05) is 38.2 Å². The summed E-state index contributed by atoms with van der Waals surface area (Å²) in [5.41, 5.74) is 0.290. The van der Waals surface area contributed by atoms with Gasteiger partial charge in [0.25, 0.3) is 0 Å². The van der Waals surface area contributed by atoms with Gasteiger partial charge >= 0.3 is 75.3 Å². The Hall–Kier alpha value is -1.79. The SMILES string of the molecule is C=C1CCC2C(C)(COC(=O)CCC(=O)O)C(OC(=O)CCC(=O)[O-])CCC2(C)C1C=CC1=CCOC1=O.[K+]. The van der Waals surface area contributed by atoms with Crippen molar-refractivity contribution in [1.82, 2.24) is 0 Å². The number of allylic oxidation sites excluding steroid dienone is 2. The zero-order valence-electron chi connectivity index (χ0n) is 22.9. The first-order chi connectivity index (χ1) is 17.9. The van der Waals surface area contributed by atoms with Crippen molar-refractivity contribution in [3.05, 3.63) is 36.0 Å². The number of esters is 3. The van der Waals surface area contributed by atoms with E-state index in [0.717, 1.165) is 5.57 Å². The van der Waals surface area contributed by atoms with Gasteiger partial charge in [-0.3, -0.25) is 14.4 Å². The molecule has 2 fully saturated rings. The van der Waals surface area contributed by atoms with Crippen LogP contribution in [0.1, 0.15) is 65.2 Å². The van der Waals surface area contributed by atoms with Crippen molar-refractivity contribution >= 4 is 29.8 Å². The molecule has 0 radical (unpaired) electrons. The van der Waals surface area contributed by atoms with Gasteiger partial charge in [-0.05, 0) is 49.5 Å². The zero-order chi connectivity index (χ0) is 28.1. The molecule has 0 amide bonds. The molecule has 2 saturated carbocycles. The molecule has 0 saturated heterocycles. The molecular formula is C28H35KO10. The van der Waals surface area contributed by atoms with Crippen LogP contribution in [-0.2, 0) is 38.2 Å². The van der Waals surface area contributed by atoms with E-state index in [9.17, 15) is 29.1 Å². The summed E-state index contributed by atoms with van der Waals surface area (Å²) in [6.45, 7) is 8.45. The average Bonchev–Trinajstić information content (AvgIpc) is 3.26. The van der Waals surface area contributed by atoms with Crippen LogP contribution in [0.2, 0.25) is 0 Å². The smallest absolute Gasteiger partial charge is 0.550 e. The van der Waals surface area contributed by atoms with E-state index in [1.807, 2.05) is 13.0 Å². The quantitative estimate of drug-likeness (QED) is 0.145. The van der Waals surface area contributed by atoms with Crippen LogP contribution in [0.3, 0.4) is 0 Å². The molecule has 1 aliphatic heterocycles. The molecule has 1 N–H and O–H groups in total. The molecule has 10 nitrogen and oxygen atoms in total. The minimum atomic E-state index is -1.35. The average molecular weight is 571 g/mol. The molecule has 2 aliphatic carbocycles. The molecule has 39 heavy (non-hydrogen) atoms. The van der Waals surface area contributed by atoms with Gasteiger partial charge < -0.3 is 29.2 Å². The van der Waals surface area contributed by atoms with Gasteiger partial charge in [0.15, 0.2) is 0 Å². The zero-order valence-corrected chi connectivity index (χ0v) is 26.0. The number of aliphatic carboxylic acids is 2. The van der Waals surface area contributed by atoms with Crippen LogP contribution in [0.5, 0.6) is 0 Å². The molecule has 0 bridgehead atoms. The van der Waals surface area contributed by atoms with E-state index in [1.54, 1.807) is 12.2 Å². The van der Waals surface area contributed by atoms with Crippen LogP contribution in [0.4, 0.5) is 0 Å². The Labute approximate surface area is 270 Å². The van der Waals surface area contributed by atoms with E-state index >= 15 is 0 Å². The van der Waals surface area contributed by atoms with E-state index in [4.69, 9.17) is 19.3 Å². The van der Waals surface area contributed by atoms with Crippen molar-refractivity contribution in [2.75, 3.05) is 13.2 Å². The number of ether oxygens (including phenoxy) is 3. The fourth-order valence-electron chi connectivity index (χ4n) is 6.30. The summed E-state index contributed by atoms with van der Waals surface area (Å²) >= 11 is 0. The van der Waals surface area contributed by atoms with Crippen molar-refractivity contribution in [2.45, 2.75) is 71.3 Å². The van der Waals surface area contributed by atoms with Gasteiger partial charge in [0.05, 0.1) is 24.8 Å². The summed E-state index contributed by atoms with van der Waals surface area (Å²) in [4.78, 5) is 58.5. The molecule has 5 unspecified atom stereocenters. The maximum atomic E-state index is 12.5. The van der Waals surface area contributed by atoms with Crippen LogP contribution in [0.25, 0.3) is 0 Å². The minimum Gasteiger partial charge on any atom is -0.550 e. The predicted octanol–water partition coefficient (Wildman–Crippen LogP) is -0.731. The Balaban J connectivity index is 0.00000533. The summed E-state index contributed by atoms with van der Waals surface area (Å²) < 4.78 is 16.3. The van der Waals surface area contributed by atoms with E-state index in [-0.39, 0.29) is 107 Å². The van der Waals surface area contributed by atoms with Crippen molar-refractivity contribution in [2.24, 2.45) is 22.7 Å². The second-order valence-corrected chi connectivity index (χ2v) is 10.8. The normalized spacial score (nSPS) is 30.0. The standard InChI is InChI=1S/C28H36O10.K/c1-17-4-7-20-27(2,19(17)6-5-18-13-15-36-26(18)35)14-12-21(38-25(34)11-9-23(31)32)28(20,3)16-37-24(33)10-8-22(29)30;/h5-6,13,19-21H,1,4,7-12,14-16H2,2-3H3,(H,29,30)(H,31,32);/q;+1/p-1. The fourth-order valence-corrected chi connectivity index (χ4v) is 6.30. The molecule has 5 atom stereocenters. The third kappa shape index (κ3) is 8.13. The summed E-state index contributed by atoms with van der Waals surface area (Å²) in [6.07, 6.45) is 5.83. The number of rotatable bonds is 11. The molecule has 0 aromatic heterocycles. The molecule has 11 heteroatoms. The maximum absolute atomic E-state index is 12.5. The van der Waals surface area contributed by atoms with Crippen LogP contribution in [-0.4, -0.2) is 54.3 Å². The van der Waals surface area contributed by atoms with Crippen LogP contribution >= 0.6 is 0 Å². The molecular weight excluding hydrogens is 535 g/mol. The number of carbonyl (C=O) groups is 5. The number of carboxylic acid groups (broad SMARTS) is 2. The van der Waals surface area contributed by atoms with Gasteiger partial charge in [-0.25, -0.2) is 4.79 Å². The van der Waals surface area contributed by atoms with E-state index in [2.05, 4.69) is 13.5 Å². The monoisotopic (exact) mass is 570 g/mol. The first-order valence-electron chi connectivity index (χ1n) is 12.9. The van der Waals surface area contributed by atoms with Crippen LogP contribution < -0.4 is 56.5 Å². The van der Waals surface area contributed by atoms with E-state index in [1.165, 1.54) is 0 Å². The van der Waals surface area contributed by atoms with E-state index in [0.29, 0.717) is 31.3 Å². The predicted molar refractivity (Wildman–Crippen MR) is 131 cm³/mol. The molecule has 1 heterocycles. The van der Waals surface area contributed by atoms with Gasteiger partial charge in [0.2, 0.25) is 0 Å². The maximum Gasteiger partial charge on any atom is 1.00 e. The van der Waals surface area contributed by atoms with Crippen molar-refractivity contribution < 1.29 is 99.8 Å². The Morgan fingerprint density at radius 3 is 2.46 bits per heavy atom. The molecule has 0 aromatic rings. The van der Waals surface area contributed by atoms with Gasteiger partial charge in [-0.15, -0.1) is 0 Å². The van der Waals surface area contributed by atoms with Crippen molar-refractivity contribution in [1.29, 1.82) is 0 Å². The number of cyclic esters (lactones) is 1. The Morgan fingerprint density at radius 1 is 1.15 bits per heavy atom. The van der Waals surface area contributed by atoms with Crippen molar-refractivity contribution in [3.63, 3.8) is 0 Å². The second kappa shape index (κ2) is 14.2. The number of carboxylic acids is 2. The third-order valence-electron chi connectivity index (χ3n) is 8.29. The topological polar surface area (TPSA) is 156 Å². The third-order valence-corrected chi connectivity index (χ3v) is 8.29.